The van der Waals surface area contributed by atoms with Gasteiger partial charge in [-0.15, -0.1) is 0 Å². The van der Waals surface area contributed by atoms with Crippen LogP contribution in [0.1, 0.15) is 23.1 Å². The van der Waals surface area contributed by atoms with Gasteiger partial charge < -0.3 is 5.11 Å². The molecule has 0 unspecified atom stereocenters. The Hall–Kier alpha value is -1.76. The van der Waals surface area contributed by atoms with Crippen molar-refractivity contribution in [2.45, 2.75) is 32.1 Å². The van der Waals surface area contributed by atoms with Crippen molar-refractivity contribution in [2.75, 3.05) is 10.8 Å². The van der Waals surface area contributed by atoms with Gasteiger partial charge in [-0.1, -0.05) is 40.9 Å². The smallest absolute Gasteiger partial charge is 0.305 e. The number of rotatable bonds is 6. The molecule has 1 N–H and O–H groups in total. The average Bonchev–Trinajstić information content (AvgIpc) is 2.51. The van der Waals surface area contributed by atoms with Crippen LogP contribution in [0.2, 0.25) is 10.0 Å². The van der Waals surface area contributed by atoms with E-state index in [0.717, 1.165) is 21.0 Å². The Balaban J connectivity index is 2.69. The van der Waals surface area contributed by atoms with E-state index in [9.17, 15) is 13.2 Å². The molecule has 0 spiro atoms. The van der Waals surface area contributed by atoms with E-state index in [1.54, 1.807) is 13.8 Å². The normalized spacial score (nSPS) is 11.4. The highest BCUT2D eigenvalue weighted by molar-refractivity contribution is 7.93. The molecular formula is C18H19Cl2NO4S. The summed E-state index contributed by atoms with van der Waals surface area (Å²) in [4.78, 5) is 10.9. The van der Waals surface area contributed by atoms with Crippen LogP contribution < -0.4 is 4.31 Å². The number of carbonyl (C=O) groups is 1. The predicted octanol–water partition coefficient (Wildman–Crippen LogP) is 4.59. The van der Waals surface area contributed by atoms with Crippen molar-refractivity contribution in [1.82, 2.24) is 0 Å². The molecule has 0 bridgehead atoms. The molecule has 0 aliphatic heterocycles. The Labute approximate surface area is 163 Å². The molecule has 0 amide bonds. The van der Waals surface area contributed by atoms with E-state index >= 15 is 0 Å². The van der Waals surface area contributed by atoms with Gasteiger partial charge in [-0.2, -0.15) is 0 Å². The lowest BCUT2D eigenvalue weighted by atomic mass is 10.1. The fraction of sp³-hybridized carbons (Fsp3) is 0.278. The topological polar surface area (TPSA) is 74.7 Å². The Morgan fingerprint density at radius 3 is 2.19 bits per heavy atom. The molecule has 0 aliphatic rings. The van der Waals surface area contributed by atoms with Gasteiger partial charge in [-0.25, -0.2) is 8.42 Å². The van der Waals surface area contributed by atoms with Crippen molar-refractivity contribution >= 4 is 44.9 Å². The van der Waals surface area contributed by atoms with Gasteiger partial charge in [-0.3, -0.25) is 9.10 Å². The quantitative estimate of drug-likeness (QED) is 0.748. The molecule has 2 aromatic rings. The highest BCUT2D eigenvalue weighted by Gasteiger charge is 2.30. The molecule has 140 valence electrons. The molecule has 0 saturated carbocycles. The molecule has 0 heterocycles. The Morgan fingerprint density at radius 2 is 1.65 bits per heavy atom. The number of carboxylic acid groups (broad SMARTS) is 1. The van der Waals surface area contributed by atoms with E-state index in [1.165, 1.54) is 18.2 Å². The first kappa shape index (κ1) is 20.6. The number of halogens is 2. The number of benzene rings is 2. The van der Waals surface area contributed by atoms with Crippen molar-refractivity contribution in [3.63, 3.8) is 0 Å². The summed E-state index contributed by atoms with van der Waals surface area (Å²) >= 11 is 12.0. The number of hydrogen-bond donors (Lipinski definition) is 1. The van der Waals surface area contributed by atoms with Gasteiger partial charge in [0.2, 0.25) is 0 Å². The lowest BCUT2D eigenvalue weighted by Crippen LogP contribution is -2.34. The van der Waals surface area contributed by atoms with Crippen LogP contribution in [0.15, 0.2) is 35.2 Å². The van der Waals surface area contributed by atoms with Crippen LogP contribution in [0.4, 0.5) is 5.69 Å². The minimum Gasteiger partial charge on any atom is -0.481 e. The predicted molar refractivity (Wildman–Crippen MR) is 104 cm³/mol. The van der Waals surface area contributed by atoms with Gasteiger partial charge in [0.1, 0.15) is 4.90 Å². The Kier molecular flexibility index (Phi) is 6.21. The zero-order valence-corrected chi connectivity index (χ0v) is 16.9. The number of sulfonamides is 1. The Morgan fingerprint density at radius 1 is 1.08 bits per heavy atom. The first-order valence-electron chi connectivity index (χ1n) is 7.81. The summed E-state index contributed by atoms with van der Waals surface area (Å²) < 4.78 is 27.7. The van der Waals surface area contributed by atoms with Crippen molar-refractivity contribution in [1.29, 1.82) is 0 Å². The van der Waals surface area contributed by atoms with Crippen LogP contribution in [0, 0.1) is 20.8 Å². The summed E-state index contributed by atoms with van der Waals surface area (Å²) in [6.07, 6.45) is -0.343. The van der Waals surface area contributed by atoms with Crippen molar-refractivity contribution in [2.24, 2.45) is 0 Å². The first-order valence-corrected chi connectivity index (χ1v) is 10.0. The summed E-state index contributed by atoms with van der Waals surface area (Å²) in [7, 11) is -4.11. The zero-order chi connectivity index (χ0) is 19.6. The van der Waals surface area contributed by atoms with Crippen LogP contribution >= 0.6 is 23.2 Å². The lowest BCUT2D eigenvalue weighted by Gasteiger charge is -2.28. The van der Waals surface area contributed by atoms with Crippen LogP contribution in [0.3, 0.4) is 0 Å². The van der Waals surface area contributed by atoms with Gasteiger partial charge >= 0.3 is 5.97 Å². The van der Waals surface area contributed by atoms with E-state index < -0.39 is 16.0 Å². The zero-order valence-electron chi connectivity index (χ0n) is 14.6. The average molecular weight is 416 g/mol. The summed E-state index contributed by atoms with van der Waals surface area (Å²) in [5.74, 6) is -1.09. The third-order valence-electron chi connectivity index (χ3n) is 3.87. The van der Waals surface area contributed by atoms with E-state index in [4.69, 9.17) is 28.3 Å². The summed E-state index contributed by atoms with van der Waals surface area (Å²) in [6, 6.07) is 7.87. The second kappa shape index (κ2) is 7.86. The number of aliphatic carboxylic acids is 1. The molecular weight excluding hydrogens is 397 g/mol. The van der Waals surface area contributed by atoms with E-state index in [1.807, 2.05) is 19.1 Å². The largest absolute Gasteiger partial charge is 0.481 e. The summed E-state index contributed by atoms with van der Waals surface area (Å²) in [5.41, 5.74) is 2.90. The van der Waals surface area contributed by atoms with Gasteiger partial charge in [-0.05, 0) is 50.1 Å². The van der Waals surface area contributed by atoms with Crippen LogP contribution in [-0.4, -0.2) is 26.0 Å². The number of anilines is 1. The van der Waals surface area contributed by atoms with E-state index in [0.29, 0.717) is 5.69 Å². The molecule has 2 rings (SSSR count). The molecule has 0 fully saturated rings. The lowest BCUT2D eigenvalue weighted by molar-refractivity contribution is -0.136. The van der Waals surface area contributed by atoms with Crippen LogP contribution in [0.5, 0.6) is 0 Å². The SMILES string of the molecule is Cc1cc(C)c(N(CCC(=O)O)S(=O)(=O)c2cc(Cl)ccc2Cl)c(C)c1. The highest BCUT2D eigenvalue weighted by atomic mass is 35.5. The molecule has 2 aromatic carbocycles. The van der Waals surface area contributed by atoms with Gasteiger partial charge in [0.25, 0.3) is 10.0 Å². The molecule has 5 nitrogen and oxygen atoms in total. The molecule has 0 saturated heterocycles. The summed E-state index contributed by atoms with van der Waals surface area (Å²) in [6.45, 7) is 5.27. The molecule has 0 aromatic heterocycles. The maximum atomic E-state index is 13.3. The number of carboxylic acids is 1. The minimum atomic E-state index is -4.11. The summed E-state index contributed by atoms with van der Waals surface area (Å²) in [5, 5.41) is 9.31. The first-order chi connectivity index (χ1) is 12.0. The third-order valence-corrected chi connectivity index (χ3v) is 6.39. The van der Waals surface area contributed by atoms with Crippen molar-refractivity contribution in [3.8, 4) is 0 Å². The van der Waals surface area contributed by atoms with Crippen LogP contribution in [0.25, 0.3) is 0 Å². The molecule has 0 atom stereocenters. The Bertz CT molecular complexity index is 935. The maximum absolute atomic E-state index is 13.3. The van der Waals surface area contributed by atoms with Gasteiger partial charge in [0.05, 0.1) is 17.1 Å². The maximum Gasteiger partial charge on any atom is 0.305 e. The minimum absolute atomic E-state index is 0.0251. The van der Waals surface area contributed by atoms with E-state index in [-0.39, 0.29) is 27.9 Å². The molecule has 0 radical (unpaired) electrons. The standard InChI is InChI=1S/C18H19Cl2NO4S/c1-11-8-12(2)18(13(3)9-11)21(7-6-17(22)23)26(24,25)16-10-14(19)4-5-15(16)20/h4-5,8-10H,6-7H2,1-3H3,(H,22,23). The van der Waals surface area contributed by atoms with Gasteiger partial charge in [0.15, 0.2) is 0 Å². The number of hydrogen-bond acceptors (Lipinski definition) is 3. The third kappa shape index (κ3) is 4.31. The fourth-order valence-electron chi connectivity index (χ4n) is 2.91. The van der Waals surface area contributed by atoms with Crippen molar-refractivity contribution < 1.29 is 18.3 Å². The monoisotopic (exact) mass is 415 g/mol. The van der Waals surface area contributed by atoms with Crippen LogP contribution in [-0.2, 0) is 14.8 Å². The number of aryl methyl sites for hydroxylation is 3. The number of nitrogens with zero attached hydrogens (tertiary/aromatic N) is 1. The second-order valence-electron chi connectivity index (χ2n) is 6.04. The second-order valence-corrected chi connectivity index (χ2v) is 8.72. The van der Waals surface area contributed by atoms with Gasteiger partial charge in [0, 0.05) is 11.6 Å². The molecule has 26 heavy (non-hydrogen) atoms. The molecule has 8 heteroatoms. The molecule has 0 aliphatic carbocycles. The highest BCUT2D eigenvalue weighted by Crippen LogP contribution is 2.34. The fourth-order valence-corrected chi connectivity index (χ4v) is 5.24. The van der Waals surface area contributed by atoms with Crippen molar-refractivity contribution in [3.05, 3.63) is 57.1 Å². The van der Waals surface area contributed by atoms with E-state index in [2.05, 4.69) is 0 Å².